The second kappa shape index (κ2) is 5.89. The van der Waals surface area contributed by atoms with E-state index in [1.165, 1.54) is 5.56 Å². The summed E-state index contributed by atoms with van der Waals surface area (Å²) < 4.78 is 1.69. The highest BCUT2D eigenvalue weighted by atomic mass is 16.1. The molecule has 0 saturated heterocycles. The molecule has 110 valence electrons. The number of carbonyl (C=O) groups excluding carboxylic acids is 1. The number of pyridine rings is 1. The molecule has 5 heteroatoms. The largest absolute Gasteiger partial charge is 0.292 e. The number of nitrogens with zero attached hydrogens (tertiary/aromatic N) is 4. The van der Waals surface area contributed by atoms with Gasteiger partial charge in [-0.25, -0.2) is 4.68 Å². The van der Waals surface area contributed by atoms with E-state index in [2.05, 4.69) is 15.3 Å². The Kier molecular flexibility index (Phi) is 3.78. The molecule has 0 aliphatic heterocycles. The van der Waals surface area contributed by atoms with E-state index < -0.39 is 0 Å². The maximum absolute atomic E-state index is 12.4. The predicted octanol–water partition coefficient (Wildman–Crippen LogP) is 2.70. The monoisotopic (exact) mass is 292 g/mol. The molecular weight excluding hydrogens is 276 g/mol. The molecule has 3 aromatic rings. The zero-order valence-electron chi connectivity index (χ0n) is 12.5. The van der Waals surface area contributed by atoms with Crippen molar-refractivity contribution in [2.75, 3.05) is 0 Å². The van der Waals surface area contributed by atoms with Crippen molar-refractivity contribution in [3.05, 3.63) is 71.3 Å². The first-order chi connectivity index (χ1) is 10.6. The van der Waals surface area contributed by atoms with Crippen LogP contribution in [0.1, 0.15) is 27.4 Å². The number of carbonyl (C=O) groups is 1. The minimum atomic E-state index is -0.0745. The number of aryl methyl sites for hydroxylation is 1. The molecule has 3 rings (SSSR count). The van der Waals surface area contributed by atoms with Crippen molar-refractivity contribution < 1.29 is 4.79 Å². The molecule has 2 heterocycles. The van der Waals surface area contributed by atoms with Gasteiger partial charge in [0.05, 0.1) is 17.8 Å². The van der Waals surface area contributed by atoms with Gasteiger partial charge in [0.25, 0.3) is 0 Å². The molecule has 0 N–H and O–H groups in total. The predicted molar refractivity (Wildman–Crippen MR) is 83.1 cm³/mol. The van der Waals surface area contributed by atoms with Gasteiger partial charge in [-0.3, -0.25) is 9.78 Å². The molecule has 0 saturated carbocycles. The van der Waals surface area contributed by atoms with Crippen LogP contribution in [0.2, 0.25) is 0 Å². The Labute approximate surface area is 128 Å². The minimum Gasteiger partial charge on any atom is -0.292 e. The summed E-state index contributed by atoms with van der Waals surface area (Å²) >= 11 is 0. The van der Waals surface area contributed by atoms with Gasteiger partial charge in [0, 0.05) is 11.9 Å². The van der Waals surface area contributed by atoms with Crippen LogP contribution in [0.15, 0.2) is 48.7 Å². The quantitative estimate of drug-likeness (QED) is 0.694. The maximum atomic E-state index is 12.4. The fourth-order valence-corrected chi connectivity index (χ4v) is 2.27. The van der Waals surface area contributed by atoms with Crippen LogP contribution in [-0.4, -0.2) is 25.8 Å². The zero-order valence-corrected chi connectivity index (χ0v) is 12.5. The van der Waals surface area contributed by atoms with Crippen molar-refractivity contribution in [1.29, 1.82) is 0 Å². The summed E-state index contributed by atoms with van der Waals surface area (Å²) in [4.78, 5) is 16.6. The molecule has 22 heavy (non-hydrogen) atoms. The molecule has 0 spiro atoms. The van der Waals surface area contributed by atoms with Crippen LogP contribution < -0.4 is 0 Å². The second-order valence-electron chi connectivity index (χ2n) is 5.19. The summed E-state index contributed by atoms with van der Waals surface area (Å²) in [5.41, 5.74) is 3.94. The lowest BCUT2D eigenvalue weighted by Gasteiger charge is -2.04. The van der Waals surface area contributed by atoms with Crippen molar-refractivity contribution in [2.45, 2.75) is 20.3 Å². The van der Waals surface area contributed by atoms with Gasteiger partial charge in [0.2, 0.25) is 0 Å². The first-order valence-electron chi connectivity index (χ1n) is 7.07. The van der Waals surface area contributed by atoms with E-state index in [1.54, 1.807) is 10.9 Å². The van der Waals surface area contributed by atoms with E-state index in [9.17, 15) is 4.79 Å². The second-order valence-corrected chi connectivity index (χ2v) is 5.19. The van der Waals surface area contributed by atoms with Gasteiger partial charge >= 0.3 is 0 Å². The Morgan fingerprint density at radius 1 is 1.09 bits per heavy atom. The first-order valence-corrected chi connectivity index (χ1v) is 7.07. The molecule has 0 unspecified atom stereocenters. The topological polar surface area (TPSA) is 60.7 Å². The number of benzene rings is 1. The van der Waals surface area contributed by atoms with Gasteiger partial charge in [-0.1, -0.05) is 29.0 Å². The average Bonchev–Trinajstić information content (AvgIpc) is 2.91. The van der Waals surface area contributed by atoms with E-state index in [0.717, 1.165) is 17.1 Å². The fraction of sp³-hybridized carbons (Fsp3) is 0.176. The number of ketones is 1. The molecule has 0 aliphatic carbocycles. The average molecular weight is 292 g/mol. The molecule has 5 nitrogen and oxygen atoms in total. The SMILES string of the molecule is Cc1ccc(-n2nnc(C(=O)Cc3ccccn3)c2C)cc1. The number of Topliss-reactive ketones (excluding diaryl/α,β-unsaturated/α-hetero) is 1. The first kappa shape index (κ1) is 14.1. The summed E-state index contributed by atoms with van der Waals surface area (Å²) in [6, 6.07) is 13.5. The van der Waals surface area contributed by atoms with Crippen molar-refractivity contribution >= 4 is 5.78 Å². The Morgan fingerprint density at radius 2 is 1.86 bits per heavy atom. The number of aromatic nitrogens is 4. The molecule has 0 fully saturated rings. The van der Waals surface area contributed by atoms with Gasteiger partial charge in [0.15, 0.2) is 11.5 Å². The van der Waals surface area contributed by atoms with E-state index in [1.807, 2.05) is 56.3 Å². The van der Waals surface area contributed by atoms with E-state index in [-0.39, 0.29) is 12.2 Å². The van der Waals surface area contributed by atoms with Gasteiger partial charge in [-0.2, -0.15) is 0 Å². The number of hydrogen-bond acceptors (Lipinski definition) is 4. The van der Waals surface area contributed by atoms with Crippen LogP contribution >= 0.6 is 0 Å². The normalized spacial score (nSPS) is 10.6. The molecule has 2 aromatic heterocycles. The summed E-state index contributed by atoms with van der Waals surface area (Å²) in [7, 11) is 0. The van der Waals surface area contributed by atoms with Gasteiger partial charge in [0.1, 0.15) is 0 Å². The smallest absolute Gasteiger partial charge is 0.190 e. The van der Waals surface area contributed by atoms with Gasteiger partial charge in [-0.05, 0) is 38.1 Å². The standard InChI is InChI=1S/C17H16N4O/c1-12-6-8-15(9-7-12)21-13(2)17(19-20-21)16(22)11-14-5-3-4-10-18-14/h3-10H,11H2,1-2H3. The lowest BCUT2D eigenvalue weighted by atomic mass is 10.1. The van der Waals surface area contributed by atoms with E-state index in [4.69, 9.17) is 0 Å². The van der Waals surface area contributed by atoms with Crippen LogP contribution in [0.5, 0.6) is 0 Å². The van der Waals surface area contributed by atoms with Crippen molar-refractivity contribution in [3.63, 3.8) is 0 Å². The van der Waals surface area contributed by atoms with Gasteiger partial charge < -0.3 is 0 Å². The van der Waals surface area contributed by atoms with Crippen LogP contribution in [0.3, 0.4) is 0 Å². The van der Waals surface area contributed by atoms with E-state index >= 15 is 0 Å². The number of rotatable bonds is 4. The lowest BCUT2D eigenvalue weighted by molar-refractivity contribution is 0.0986. The Hall–Kier alpha value is -2.82. The third kappa shape index (κ3) is 2.79. The molecule has 0 atom stereocenters. The van der Waals surface area contributed by atoms with Crippen LogP contribution in [0, 0.1) is 13.8 Å². The third-order valence-electron chi connectivity index (χ3n) is 3.51. The summed E-state index contributed by atoms with van der Waals surface area (Å²) in [6.45, 7) is 3.88. The highest BCUT2D eigenvalue weighted by molar-refractivity contribution is 5.96. The Balaban J connectivity index is 1.87. The van der Waals surface area contributed by atoms with Crippen molar-refractivity contribution in [2.24, 2.45) is 0 Å². The summed E-state index contributed by atoms with van der Waals surface area (Å²) in [6.07, 6.45) is 1.91. The van der Waals surface area contributed by atoms with Crippen molar-refractivity contribution in [1.82, 2.24) is 20.0 Å². The Bertz CT molecular complexity index is 791. The fourth-order valence-electron chi connectivity index (χ4n) is 2.27. The lowest BCUT2D eigenvalue weighted by Crippen LogP contribution is -2.08. The van der Waals surface area contributed by atoms with Crippen LogP contribution in [0.25, 0.3) is 5.69 Å². The third-order valence-corrected chi connectivity index (χ3v) is 3.51. The number of hydrogen-bond donors (Lipinski definition) is 0. The van der Waals surface area contributed by atoms with Crippen LogP contribution in [-0.2, 0) is 6.42 Å². The maximum Gasteiger partial charge on any atom is 0.190 e. The highest BCUT2D eigenvalue weighted by Gasteiger charge is 2.17. The molecule has 0 bridgehead atoms. The highest BCUT2D eigenvalue weighted by Crippen LogP contribution is 2.14. The summed E-state index contributed by atoms with van der Waals surface area (Å²) in [5, 5.41) is 8.15. The molecule has 0 amide bonds. The molecule has 0 radical (unpaired) electrons. The van der Waals surface area contributed by atoms with Gasteiger partial charge in [-0.15, -0.1) is 5.10 Å². The Morgan fingerprint density at radius 3 is 2.55 bits per heavy atom. The summed E-state index contributed by atoms with van der Waals surface area (Å²) in [5.74, 6) is -0.0745. The van der Waals surface area contributed by atoms with Crippen molar-refractivity contribution in [3.8, 4) is 5.69 Å². The van der Waals surface area contributed by atoms with Crippen LogP contribution in [0.4, 0.5) is 0 Å². The molecular formula is C17H16N4O. The molecule has 0 aliphatic rings. The zero-order chi connectivity index (χ0) is 15.5. The minimum absolute atomic E-state index is 0.0745. The van der Waals surface area contributed by atoms with E-state index in [0.29, 0.717) is 5.69 Å². The molecule has 1 aromatic carbocycles.